The molecule has 4 saturated carbocycles. The van der Waals surface area contributed by atoms with Gasteiger partial charge < -0.3 is 0 Å². The van der Waals surface area contributed by atoms with E-state index >= 15 is 0 Å². The Morgan fingerprint density at radius 2 is 1.33 bits per heavy atom. The highest BCUT2D eigenvalue weighted by Crippen LogP contribution is 2.58. The van der Waals surface area contributed by atoms with Crippen LogP contribution >= 0.6 is 11.6 Å². The molecule has 0 aromatic heterocycles. The predicted molar refractivity (Wildman–Crippen MR) is 113 cm³/mol. The van der Waals surface area contributed by atoms with E-state index in [4.69, 9.17) is 11.6 Å². The molecule has 0 aliphatic heterocycles. The lowest BCUT2D eigenvalue weighted by molar-refractivity contribution is 0.418. The second kappa shape index (κ2) is 5.86. The fraction of sp³-hybridized carbons (Fsp3) is 0.538. The van der Waals surface area contributed by atoms with Crippen LogP contribution in [0.25, 0.3) is 11.1 Å². The third-order valence-corrected chi connectivity index (χ3v) is 9.18. The topological polar surface area (TPSA) is 0 Å². The quantitative estimate of drug-likeness (QED) is 0.515. The Kier molecular flexibility index (Phi) is 3.62. The lowest BCUT2D eigenvalue weighted by atomic mass is 9.73. The second-order valence-corrected chi connectivity index (χ2v) is 10.5. The van der Waals surface area contributed by atoms with Crippen LogP contribution in [0.2, 0.25) is 5.02 Å². The van der Waals surface area contributed by atoms with Gasteiger partial charge in [-0.05, 0) is 116 Å². The van der Waals surface area contributed by atoms with Gasteiger partial charge in [-0.3, -0.25) is 0 Å². The fourth-order valence-corrected chi connectivity index (χ4v) is 7.63. The molecular weight excluding hydrogens is 348 g/mol. The molecule has 6 rings (SSSR count). The molecule has 0 heterocycles. The number of halogens is 1. The van der Waals surface area contributed by atoms with E-state index in [9.17, 15) is 0 Å². The largest absolute Gasteiger partial charge is 0.0837 e. The van der Waals surface area contributed by atoms with Crippen LogP contribution in [-0.2, 0) is 10.8 Å². The van der Waals surface area contributed by atoms with E-state index < -0.39 is 0 Å². The van der Waals surface area contributed by atoms with Crippen molar-refractivity contribution in [3.63, 3.8) is 0 Å². The Morgan fingerprint density at radius 1 is 0.704 bits per heavy atom. The summed E-state index contributed by atoms with van der Waals surface area (Å²) in [5.41, 5.74) is 6.71. The molecule has 140 valence electrons. The maximum absolute atomic E-state index is 6.81. The Labute approximate surface area is 168 Å². The molecule has 0 radical (unpaired) electrons. The van der Waals surface area contributed by atoms with Crippen molar-refractivity contribution in [1.82, 2.24) is 0 Å². The molecule has 0 amide bonds. The third kappa shape index (κ3) is 2.42. The Hall–Kier alpha value is -1.27. The summed E-state index contributed by atoms with van der Waals surface area (Å²) in [6.45, 7) is 0. The zero-order valence-corrected chi connectivity index (χ0v) is 16.9. The van der Waals surface area contributed by atoms with Crippen molar-refractivity contribution in [1.29, 1.82) is 0 Å². The average Bonchev–Trinajstić information content (AvgIpc) is 3.49. The molecule has 0 unspecified atom stereocenters. The van der Waals surface area contributed by atoms with E-state index in [-0.39, 0.29) is 0 Å². The SMILES string of the molecule is Clc1ccc(C23CCC(CC2)C3)cc1-c1ccccc1C12CCC(CC1)C2. The first kappa shape index (κ1) is 16.7. The van der Waals surface area contributed by atoms with Gasteiger partial charge in [0, 0.05) is 10.6 Å². The lowest BCUT2D eigenvalue weighted by Crippen LogP contribution is -2.21. The Morgan fingerprint density at radius 3 is 1.96 bits per heavy atom. The first-order valence-electron chi connectivity index (χ1n) is 11.1. The summed E-state index contributed by atoms with van der Waals surface area (Å²) in [4.78, 5) is 0. The van der Waals surface area contributed by atoms with Crippen molar-refractivity contribution < 1.29 is 0 Å². The first-order chi connectivity index (χ1) is 13.2. The van der Waals surface area contributed by atoms with Gasteiger partial charge in [-0.15, -0.1) is 0 Å². The van der Waals surface area contributed by atoms with Crippen LogP contribution < -0.4 is 0 Å². The second-order valence-electron chi connectivity index (χ2n) is 10.1. The highest BCUT2D eigenvalue weighted by Gasteiger charge is 2.48. The standard InChI is InChI=1S/C26H29Cl/c27-24-6-5-20(25-11-7-18(16-25)8-12-25)15-22(24)21-3-1-2-4-23(21)26-13-9-19(17-26)10-14-26/h1-6,15,18-19H,7-14,16-17H2. The third-order valence-electron chi connectivity index (χ3n) is 8.85. The van der Waals surface area contributed by atoms with E-state index in [1.807, 2.05) is 0 Å². The van der Waals surface area contributed by atoms with Crippen molar-refractivity contribution in [3.8, 4) is 11.1 Å². The number of hydrogen-bond acceptors (Lipinski definition) is 0. The monoisotopic (exact) mass is 376 g/mol. The van der Waals surface area contributed by atoms with Crippen LogP contribution in [0.3, 0.4) is 0 Å². The molecule has 4 bridgehead atoms. The molecule has 0 atom stereocenters. The van der Waals surface area contributed by atoms with Crippen LogP contribution in [0, 0.1) is 11.8 Å². The minimum absolute atomic E-state index is 0.421. The molecule has 4 fully saturated rings. The first-order valence-corrected chi connectivity index (χ1v) is 11.5. The van der Waals surface area contributed by atoms with Crippen molar-refractivity contribution in [2.45, 2.75) is 75.0 Å². The maximum atomic E-state index is 6.81. The molecule has 27 heavy (non-hydrogen) atoms. The molecule has 2 aromatic carbocycles. The van der Waals surface area contributed by atoms with Gasteiger partial charge >= 0.3 is 0 Å². The summed E-state index contributed by atoms with van der Waals surface area (Å²) in [6, 6.07) is 16.2. The van der Waals surface area contributed by atoms with Gasteiger partial charge in [-0.25, -0.2) is 0 Å². The molecule has 0 saturated heterocycles. The van der Waals surface area contributed by atoms with Crippen molar-refractivity contribution in [2.24, 2.45) is 11.8 Å². The van der Waals surface area contributed by atoms with E-state index in [0.29, 0.717) is 10.8 Å². The number of rotatable bonds is 3. The number of hydrogen-bond donors (Lipinski definition) is 0. The summed E-state index contributed by atoms with van der Waals surface area (Å²) in [7, 11) is 0. The summed E-state index contributed by atoms with van der Waals surface area (Å²) in [6.07, 6.45) is 14.0. The van der Waals surface area contributed by atoms with Crippen LogP contribution in [0.4, 0.5) is 0 Å². The highest BCUT2D eigenvalue weighted by atomic mass is 35.5. The van der Waals surface area contributed by atoms with Crippen LogP contribution in [0.5, 0.6) is 0 Å². The lowest BCUT2D eigenvalue weighted by Gasteiger charge is -2.31. The predicted octanol–water partition coefficient (Wildman–Crippen LogP) is 7.67. The minimum Gasteiger partial charge on any atom is -0.0837 e. The Bertz CT molecular complexity index is 879. The van der Waals surface area contributed by atoms with Crippen LogP contribution in [-0.4, -0.2) is 0 Å². The summed E-state index contributed by atoms with van der Waals surface area (Å²) in [5, 5.41) is 0.930. The normalized spacial score (nSPS) is 36.6. The molecular formula is C26H29Cl. The minimum atomic E-state index is 0.421. The van der Waals surface area contributed by atoms with Crippen molar-refractivity contribution >= 4 is 11.6 Å². The zero-order valence-electron chi connectivity index (χ0n) is 16.1. The van der Waals surface area contributed by atoms with Gasteiger partial charge in [0.2, 0.25) is 0 Å². The summed E-state index contributed by atoms with van der Waals surface area (Å²) < 4.78 is 0. The van der Waals surface area contributed by atoms with Gasteiger partial charge in [-0.2, -0.15) is 0 Å². The fourth-order valence-electron chi connectivity index (χ4n) is 7.41. The molecule has 4 aliphatic rings. The average molecular weight is 377 g/mol. The number of benzene rings is 2. The van der Waals surface area contributed by atoms with E-state index in [1.165, 1.54) is 75.3 Å². The van der Waals surface area contributed by atoms with Gasteiger partial charge in [0.1, 0.15) is 0 Å². The molecule has 1 heteroatoms. The molecule has 0 N–H and O–H groups in total. The van der Waals surface area contributed by atoms with E-state index in [2.05, 4.69) is 42.5 Å². The van der Waals surface area contributed by atoms with Crippen LogP contribution in [0.15, 0.2) is 42.5 Å². The van der Waals surface area contributed by atoms with E-state index in [0.717, 1.165) is 16.9 Å². The summed E-state index contributed by atoms with van der Waals surface area (Å²) in [5.74, 6) is 1.94. The zero-order chi connectivity index (χ0) is 18.1. The smallest absolute Gasteiger partial charge is 0.0484 e. The highest BCUT2D eigenvalue weighted by molar-refractivity contribution is 6.33. The maximum Gasteiger partial charge on any atom is 0.0484 e. The van der Waals surface area contributed by atoms with Crippen molar-refractivity contribution in [3.05, 3.63) is 58.6 Å². The van der Waals surface area contributed by atoms with Crippen LogP contribution in [0.1, 0.15) is 75.3 Å². The summed E-state index contributed by atoms with van der Waals surface area (Å²) >= 11 is 6.81. The van der Waals surface area contributed by atoms with Gasteiger partial charge in [0.15, 0.2) is 0 Å². The van der Waals surface area contributed by atoms with Gasteiger partial charge in [-0.1, -0.05) is 41.9 Å². The van der Waals surface area contributed by atoms with Crippen molar-refractivity contribution in [2.75, 3.05) is 0 Å². The van der Waals surface area contributed by atoms with Gasteiger partial charge in [0.25, 0.3) is 0 Å². The molecule has 2 aromatic rings. The molecule has 0 spiro atoms. The number of fused-ring (bicyclic) bond motifs is 4. The Balaban J connectivity index is 1.48. The molecule has 0 nitrogen and oxygen atoms in total. The molecule has 4 aliphatic carbocycles. The van der Waals surface area contributed by atoms with E-state index in [1.54, 1.807) is 11.1 Å². The van der Waals surface area contributed by atoms with Gasteiger partial charge in [0.05, 0.1) is 0 Å².